The monoisotopic (exact) mass is 243 g/mol. The van der Waals surface area contributed by atoms with Gasteiger partial charge >= 0.3 is 0 Å². The van der Waals surface area contributed by atoms with E-state index in [1.807, 2.05) is 41.4 Å². The standard InChI is InChI=1S/C15H21N3/c1-13(2)18(14(3)4)17-16-12-8-11-15-9-6-5-7-10-15/h5-7,9-14H,1-4H3. The zero-order valence-corrected chi connectivity index (χ0v) is 11.5. The third kappa shape index (κ3) is 4.98. The van der Waals surface area contributed by atoms with Crippen LogP contribution in [0.1, 0.15) is 33.3 Å². The van der Waals surface area contributed by atoms with E-state index in [1.54, 1.807) is 6.20 Å². The highest BCUT2D eigenvalue weighted by Crippen LogP contribution is 2.05. The third-order valence-electron chi connectivity index (χ3n) is 2.39. The van der Waals surface area contributed by atoms with Crippen molar-refractivity contribution in [2.24, 2.45) is 10.3 Å². The Labute approximate surface area is 110 Å². The van der Waals surface area contributed by atoms with E-state index in [0.717, 1.165) is 5.56 Å². The highest BCUT2D eigenvalue weighted by atomic mass is 15.6. The topological polar surface area (TPSA) is 28.0 Å². The van der Waals surface area contributed by atoms with Crippen molar-refractivity contribution in [1.82, 2.24) is 5.01 Å². The first-order valence-corrected chi connectivity index (χ1v) is 6.26. The quantitative estimate of drug-likeness (QED) is 0.430. The van der Waals surface area contributed by atoms with Gasteiger partial charge in [-0.2, -0.15) is 0 Å². The lowest BCUT2D eigenvalue weighted by Gasteiger charge is -2.25. The Hall–Kier alpha value is -1.86. The molecule has 3 nitrogen and oxygen atoms in total. The van der Waals surface area contributed by atoms with Gasteiger partial charge in [-0.05, 0) is 39.3 Å². The van der Waals surface area contributed by atoms with E-state index in [9.17, 15) is 0 Å². The van der Waals surface area contributed by atoms with Crippen LogP contribution in [0.25, 0.3) is 6.08 Å². The number of benzene rings is 1. The molecule has 0 aliphatic carbocycles. The van der Waals surface area contributed by atoms with Gasteiger partial charge in [-0.1, -0.05) is 41.3 Å². The zero-order chi connectivity index (χ0) is 13.4. The number of hydrogen-bond acceptors (Lipinski definition) is 2. The summed E-state index contributed by atoms with van der Waals surface area (Å²) in [5, 5.41) is 10.1. The fourth-order valence-corrected chi connectivity index (χ4v) is 1.60. The van der Waals surface area contributed by atoms with Gasteiger partial charge in [0.2, 0.25) is 0 Å². The average Bonchev–Trinajstić information content (AvgIpc) is 2.34. The van der Waals surface area contributed by atoms with E-state index in [-0.39, 0.29) is 0 Å². The fraction of sp³-hybridized carbons (Fsp3) is 0.400. The number of nitrogens with zero attached hydrogens (tertiary/aromatic N) is 3. The minimum atomic E-state index is 0.347. The van der Waals surface area contributed by atoms with Crippen molar-refractivity contribution >= 4 is 6.08 Å². The molecule has 0 heterocycles. The van der Waals surface area contributed by atoms with E-state index < -0.39 is 0 Å². The minimum Gasteiger partial charge on any atom is -0.273 e. The molecule has 3 heteroatoms. The van der Waals surface area contributed by atoms with Gasteiger partial charge < -0.3 is 0 Å². The van der Waals surface area contributed by atoms with Gasteiger partial charge in [0.25, 0.3) is 0 Å². The number of hydrogen-bond donors (Lipinski definition) is 0. The van der Waals surface area contributed by atoms with Crippen molar-refractivity contribution in [3.8, 4) is 0 Å². The molecule has 0 bridgehead atoms. The molecule has 18 heavy (non-hydrogen) atoms. The van der Waals surface area contributed by atoms with Gasteiger partial charge in [0, 0.05) is 12.1 Å². The Kier molecular flexibility index (Phi) is 5.89. The summed E-state index contributed by atoms with van der Waals surface area (Å²) < 4.78 is 0. The summed E-state index contributed by atoms with van der Waals surface area (Å²) >= 11 is 0. The lowest BCUT2D eigenvalue weighted by atomic mass is 10.2. The summed E-state index contributed by atoms with van der Waals surface area (Å²) in [6.45, 7) is 8.40. The molecule has 0 fully saturated rings. The van der Waals surface area contributed by atoms with E-state index in [0.29, 0.717) is 12.1 Å². The summed E-state index contributed by atoms with van der Waals surface area (Å²) in [5.41, 5.74) is 4.10. The lowest BCUT2D eigenvalue weighted by molar-refractivity contribution is 0.169. The summed E-state index contributed by atoms with van der Waals surface area (Å²) in [6.07, 6.45) is 3.47. The molecule has 0 aliphatic heterocycles. The van der Waals surface area contributed by atoms with Gasteiger partial charge in [-0.3, -0.25) is 5.01 Å². The molecule has 0 atom stereocenters. The second-order valence-electron chi connectivity index (χ2n) is 4.62. The molecule has 0 spiro atoms. The maximum atomic E-state index is 4.17. The first-order valence-electron chi connectivity index (χ1n) is 6.26. The lowest BCUT2D eigenvalue weighted by Crippen LogP contribution is -2.31. The molecule has 0 unspecified atom stereocenters. The van der Waals surface area contributed by atoms with Crippen molar-refractivity contribution in [2.75, 3.05) is 0 Å². The van der Waals surface area contributed by atoms with E-state index in [1.165, 1.54) is 0 Å². The Morgan fingerprint density at radius 2 is 1.67 bits per heavy atom. The van der Waals surface area contributed by atoms with Gasteiger partial charge in [0.15, 0.2) is 0 Å². The molecular weight excluding hydrogens is 222 g/mol. The molecule has 0 saturated carbocycles. The molecule has 0 aromatic heterocycles. The molecule has 0 amide bonds. The molecule has 96 valence electrons. The van der Waals surface area contributed by atoms with Crippen molar-refractivity contribution in [1.29, 1.82) is 0 Å². The first kappa shape index (κ1) is 14.2. The average molecular weight is 243 g/mol. The minimum absolute atomic E-state index is 0.347. The Morgan fingerprint density at radius 1 is 1.06 bits per heavy atom. The van der Waals surface area contributed by atoms with Gasteiger partial charge in [-0.15, -0.1) is 5.11 Å². The third-order valence-corrected chi connectivity index (χ3v) is 2.39. The molecule has 0 aliphatic rings. The molecule has 0 radical (unpaired) electrons. The summed E-state index contributed by atoms with van der Waals surface area (Å²) in [4.78, 5) is 0. The Balaban J connectivity index is 2.61. The van der Waals surface area contributed by atoms with Crippen LogP contribution in [0.15, 0.2) is 52.6 Å². The van der Waals surface area contributed by atoms with Crippen molar-refractivity contribution in [3.05, 3.63) is 47.8 Å². The Bertz CT molecular complexity index is 418. The van der Waals surface area contributed by atoms with Gasteiger partial charge in [0.1, 0.15) is 0 Å². The van der Waals surface area contributed by atoms with E-state index in [4.69, 9.17) is 0 Å². The molecular formula is C15H21N3. The summed E-state index contributed by atoms with van der Waals surface area (Å²) in [6, 6.07) is 10.7. The SMILES string of the molecule is CC(C)N(N=NC=C=Cc1ccccc1)C(C)C. The second-order valence-corrected chi connectivity index (χ2v) is 4.62. The number of rotatable bonds is 5. The maximum Gasteiger partial charge on any atom is 0.0932 e. The fourth-order valence-electron chi connectivity index (χ4n) is 1.60. The maximum absolute atomic E-state index is 4.17. The molecule has 1 aromatic rings. The molecule has 1 rings (SSSR count). The van der Waals surface area contributed by atoms with Crippen LogP contribution in [0.2, 0.25) is 0 Å². The van der Waals surface area contributed by atoms with Crippen LogP contribution in [0, 0.1) is 0 Å². The second kappa shape index (κ2) is 7.46. The van der Waals surface area contributed by atoms with E-state index >= 15 is 0 Å². The van der Waals surface area contributed by atoms with Crippen LogP contribution >= 0.6 is 0 Å². The highest BCUT2D eigenvalue weighted by molar-refractivity contribution is 5.47. The normalized spacial score (nSPS) is 10.8. The van der Waals surface area contributed by atoms with Crippen molar-refractivity contribution in [3.63, 3.8) is 0 Å². The van der Waals surface area contributed by atoms with Crippen molar-refractivity contribution in [2.45, 2.75) is 39.8 Å². The van der Waals surface area contributed by atoms with E-state index in [2.05, 4.69) is 43.8 Å². The molecule has 1 aromatic carbocycles. The zero-order valence-electron chi connectivity index (χ0n) is 11.5. The van der Waals surface area contributed by atoms with Crippen LogP contribution in [0.3, 0.4) is 0 Å². The smallest absolute Gasteiger partial charge is 0.0932 e. The molecule has 0 saturated heterocycles. The summed E-state index contributed by atoms with van der Waals surface area (Å²) in [7, 11) is 0. The largest absolute Gasteiger partial charge is 0.273 e. The van der Waals surface area contributed by atoms with Crippen LogP contribution in [-0.4, -0.2) is 17.1 Å². The predicted molar refractivity (Wildman–Crippen MR) is 76.0 cm³/mol. The molecule has 0 N–H and O–H groups in total. The summed E-state index contributed by atoms with van der Waals surface area (Å²) in [5.74, 6) is 0. The Morgan fingerprint density at radius 3 is 2.22 bits per heavy atom. The van der Waals surface area contributed by atoms with Crippen molar-refractivity contribution < 1.29 is 0 Å². The predicted octanol–water partition coefficient (Wildman–Crippen LogP) is 4.30. The van der Waals surface area contributed by atoms with Crippen LogP contribution < -0.4 is 0 Å². The highest BCUT2D eigenvalue weighted by Gasteiger charge is 2.09. The van der Waals surface area contributed by atoms with Gasteiger partial charge in [-0.25, -0.2) is 0 Å². The van der Waals surface area contributed by atoms with Crippen LogP contribution in [0.4, 0.5) is 0 Å². The van der Waals surface area contributed by atoms with Crippen LogP contribution in [-0.2, 0) is 0 Å². The first-order chi connectivity index (χ1) is 8.61. The van der Waals surface area contributed by atoms with Crippen LogP contribution in [0.5, 0.6) is 0 Å². The van der Waals surface area contributed by atoms with Gasteiger partial charge in [0.05, 0.1) is 6.20 Å².